The molecule has 2 unspecified atom stereocenters. The Morgan fingerprint density at radius 2 is 2.14 bits per heavy atom. The van der Waals surface area contributed by atoms with Crippen molar-refractivity contribution in [1.82, 2.24) is 10.2 Å². The number of rotatable bonds is 4. The maximum absolute atomic E-state index is 12.7. The minimum absolute atomic E-state index is 0.219. The lowest BCUT2D eigenvalue weighted by molar-refractivity contribution is -0.120. The van der Waals surface area contributed by atoms with Gasteiger partial charge in [-0.05, 0) is 50.9 Å². The highest BCUT2D eigenvalue weighted by molar-refractivity contribution is 5.94. The largest absolute Gasteiger partial charge is 0.315 e. The predicted octanol–water partition coefficient (Wildman–Crippen LogP) is 1.72. The van der Waals surface area contributed by atoms with Crippen LogP contribution in [0.15, 0.2) is 30.3 Å². The number of fused-ring (bicyclic) bond motifs is 1. The average molecular weight is 287 g/mol. The molecule has 1 aromatic carbocycles. The minimum atomic E-state index is 0.219. The van der Waals surface area contributed by atoms with Crippen molar-refractivity contribution in [3.05, 3.63) is 30.3 Å². The number of amides is 1. The first-order valence-electron chi connectivity index (χ1n) is 8.09. The first-order chi connectivity index (χ1) is 10.3. The molecule has 0 bridgehead atoms. The Morgan fingerprint density at radius 1 is 1.33 bits per heavy atom. The van der Waals surface area contributed by atoms with E-state index in [0.29, 0.717) is 12.6 Å². The van der Waals surface area contributed by atoms with Gasteiger partial charge in [-0.25, -0.2) is 0 Å². The van der Waals surface area contributed by atoms with Crippen molar-refractivity contribution in [1.29, 1.82) is 0 Å². The molecule has 1 N–H and O–H groups in total. The molecule has 4 nitrogen and oxygen atoms in total. The normalized spacial score (nSPS) is 25.6. The van der Waals surface area contributed by atoms with E-state index in [9.17, 15) is 4.79 Å². The van der Waals surface area contributed by atoms with E-state index in [-0.39, 0.29) is 5.91 Å². The molecule has 0 saturated carbocycles. The third-order valence-electron chi connectivity index (χ3n) is 4.82. The molecule has 2 aliphatic heterocycles. The number of hydrogen-bond donors (Lipinski definition) is 1. The highest BCUT2D eigenvalue weighted by Gasteiger charge is 2.36. The van der Waals surface area contributed by atoms with Gasteiger partial charge in [0.05, 0.1) is 6.54 Å². The van der Waals surface area contributed by atoms with Gasteiger partial charge in [0, 0.05) is 24.8 Å². The van der Waals surface area contributed by atoms with Gasteiger partial charge in [-0.2, -0.15) is 0 Å². The molecule has 2 heterocycles. The van der Waals surface area contributed by atoms with Crippen LogP contribution >= 0.6 is 0 Å². The van der Waals surface area contributed by atoms with Crippen LogP contribution in [0.5, 0.6) is 0 Å². The highest BCUT2D eigenvalue weighted by atomic mass is 16.2. The van der Waals surface area contributed by atoms with Crippen LogP contribution in [0.3, 0.4) is 0 Å². The van der Waals surface area contributed by atoms with Crippen LogP contribution < -0.4 is 10.2 Å². The first-order valence-corrected chi connectivity index (χ1v) is 8.09. The summed E-state index contributed by atoms with van der Waals surface area (Å²) in [7, 11) is 0. The molecule has 2 aliphatic rings. The third-order valence-corrected chi connectivity index (χ3v) is 4.82. The van der Waals surface area contributed by atoms with Crippen molar-refractivity contribution >= 4 is 11.6 Å². The van der Waals surface area contributed by atoms with Crippen molar-refractivity contribution in [3.8, 4) is 0 Å². The Kier molecular flexibility index (Phi) is 4.56. The van der Waals surface area contributed by atoms with E-state index in [2.05, 4.69) is 10.2 Å². The number of likely N-dealkylation sites (tertiary alicyclic amines) is 1. The van der Waals surface area contributed by atoms with Crippen LogP contribution in [0, 0.1) is 5.92 Å². The maximum Gasteiger partial charge on any atom is 0.241 e. The fraction of sp³-hybridized carbons (Fsp3) is 0.588. The molecule has 0 spiro atoms. The molecule has 2 fully saturated rings. The topological polar surface area (TPSA) is 35.6 Å². The summed E-state index contributed by atoms with van der Waals surface area (Å²) in [5.74, 6) is 0.953. The summed E-state index contributed by atoms with van der Waals surface area (Å²) in [5, 5.41) is 3.48. The predicted molar refractivity (Wildman–Crippen MR) is 85.4 cm³/mol. The summed E-state index contributed by atoms with van der Waals surface area (Å²) in [6.07, 6.45) is 2.52. The van der Waals surface area contributed by atoms with E-state index in [4.69, 9.17) is 0 Å². The Balaban J connectivity index is 1.67. The van der Waals surface area contributed by atoms with Crippen molar-refractivity contribution in [3.63, 3.8) is 0 Å². The van der Waals surface area contributed by atoms with Crippen molar-refractivity contribution in [2.75, 3.05) is 37.6 Å². The zero-order valence-corrected chi connectivity index (χ0v) is 12.8. The minimum Gasteiger partial charge on any atom is -0.315 e. The van der Waals surface area contributed by atoms with Crippen LogP contribution in [0.4, 0.5) is 5.69 Å². The fourth-order valence-electron chi connectivity index (χ4n) is 3.73. The van der Waals surface area contributed by atoms with Gasteiger partial charge in [0.2, 0.25) is 5.91 Å². The number of anilines is 1. The van der Waals surface area contributed by atoms with E-state index < -0.39 is 0 Å². The number of nitrogens with zero attached hydrogens (tertiary/aromatic N) is 2. The van der Waals surface area contributed by atoms with Crippen LogP contribution in [-0.4, -0.2) is 49.6 Å². The molecule has 21 heavy (non-hydrogen) atoms. The van der Waals surface area contributed by atoms with Crippen molar-refractivity contribution in [2.24, 2.45) is 5.92 Å². The van der Waals surface area contributed by atoms with Gasteiger partial charge in [0.15, 0.2) is 0 Å². The molecule has 0 aromatic heterocycles. The number of para-hydroxylation sites is 1. The fourth-order valence-corrected chi connectivity index (χ4v) is 3.73. The Hall–Kier alpha value is -1.39. The molecule has 2 atom stereocenters. The molecule has 2 saturated heterocycles. The number of piperidine rings is 1. The molecular weight excluding hydrogens is 262 g/mol. The second-order valence-corrected chi connectivity index (χ2v) is 6.07. The standard InChI is InChI=1S/C17H25N3O/c1-2-20(15-8-4-3-5-9-15)17(21)13-19-10-6-7-14-11-18-12-16(14)19/h3-5,8-9,14,16,18H,2,6-7,10-13H2,1H3. The van der Waals surface area contributed by atoms with Crippen LogP contribution in [0.1, 0.15) is 19.8 Å². The second-order valence-electron chi connectivity index (χ2n) is 6.07. The van der Waals surface area contributed by atoms with E-state index in [1.807, 2.05) is 42.2 Å². The van der Waals surface area contributed by atoms with E-state index in [0.717, 1.165) is 37.8 Å². The van der Waals surface area contributed by atoms with E-state index in [1.54, 1.807) is 0 Å². The molecule has 114 valence electrons. The summed E-state index contributed by atoms with van der Waals surface area (Å²) in [5.41, 5.74) is 1.00. The van der Waals surface area contributed by atoms with Crippen molar-refractivity contribution < 1.29 is 4.79 Å². The van der Waals surface area contributed by atoms with Gasteiger partial charge in [0.25, 0.3) is 0 Å². The number of nitrogens with one attached hydrogen (secondary N) is 1. The smallest absolute Gasteiger partial charge is 0.241 e. The SMILES string of the molecule is CCN(C(=O)CN1CCCC2CNCC21)c1ccccc1. The lowest BCUT2D eigenvalue weighted by atomic mass is 9.92. The summed E-state index contributed by atoms with van der Waals surface area (Å²) in [6.45, 7) is 6.53. The van der Waals surface area contributed by atoms with Gasteiger partial charge in [-0.3, -0.25) is 9.69 Å². The summed E-state index contributed by atoms with van der Waals surface area (Å²) < 4.78 is 0. The number of benzene rings is 1. The van der Waals surface area contributed by atoms with Crippen LogP contribution in [0.2, 0.25) is 0 Å². The highest BCUT2D eigenvalue weighted by Crippen LogP contribution is 2.26. The van der Waals surface area contributed by atoms with E-state index in [1.165, 1.54) is 12.8 Å². The second kappa shape index (κ2) is 6.58. The third kappa shape index (κ3) is 3.11. The summed E-state index contributed by atoms with van der Waals surface area (Å²) in [4.78, 5) is 17.0. The molecule has 1 aromatic rings. The molecule has 0 radical (unpaired) electrons. The number of carbonyl (C=O) groups is 1. The van der Waals surface area contributed by atoms with E-state index >= 15 is 0 Å². The van der Waals surface area contributed by atoms with Gasteiger partial charge in [-0.15, -0.1) is 0 Å². The maximum atomic E-state index is 12.7. The lowest BCUT2D eigenvalue weighted by Gasteiger charge is -2.37. The van der Waals surface area contributed by atoms with Gasteiger partial charge >= 0.3 is 0 Å². The number of hydrogen-bond acceptors (Lipinski definition) is 3. The Morgan fingerprint density at radius 3 is 2.90 bits per heavy atom. The summed E-state index contributed by atoms with van der Waals surface area (Å²) in [6, 6.07) is 10.5. The zero-order chi connectivity index (χ0) is 14.7. The van der Waals surface area contributed by atoms with Gasteiger partial charge in [-0.1, -0.05) is 18.2 Å². The van der Waals surface area contributed by atoms with Gasteiger partial charge < -0.3 is 10.2 Å². The number of carbonyl (C=O) groups excluding carboxylic acids is 1. The molecule has 4 heteroatoms. The van der Waals surface area contributed by atoms with Crippen LogP contribution in [0.25, 0.3) is 0 Å². The van der Waals surface area contributed by atoms with Crippen LogP contribution in [-0.2, 0) is 4.79 Å². The molecule has 0 aliphatic carbocycles. The Bertz CT molecular complexity index is 476. The average Bonchev–Trinajstić information content (AvgIpc) is 2.99. The zero-order valence-electron chi connectivity index (χ0n) is 12.8. The first kappa shape index (κ1) is 14.5. The molecule has 3 rings (SSSR count). The van der Waals surface area contributed by atoms with Gasteiger partial charge in [0.1, 0.15) is 0 Å². The number of likely N-dealkylation sites (N-methyl/N-ethyl adjacent to an activating group) is 1. The van der Waals surface area contributed by atoms with Crippen molar-refractivity contribution in [2.45, 2.75) is 25.8 Å². The summed E-state index contributed by atoms with van der Waals surface area (Å²) >= 11 is 0. The molecule has 1 amide bonds. The monoisotopic (exact) mass is 287 g/mol. The quantitative estimate of drug-likeness (QED) is 0.916. The Labute approximate surface area is 127 Å². The lowest BCUT2D eigenvalue weighted by Crippen LogP contribution is -2.50. The molecular formula is C17H25N3O.